The fraction of sp³-hybridized carbons (Fsp3) is 0.333. The second-order valence-corrected chi connectivity index (χ2v) is 5.93. The Morgan fingerprint density at radius 1 is 1.35 bits per heavy atom. The molecule has 1 aliphatic heterocycles. The van der Waals surface area contributed by atoms with E-state index in [1.807, 2.05) is 6.07 Å². The Labute approximate surface area is 143 Å². The van der Waals surface area contributed by atoms with Crippen LogP contribution in [0.1, 0.15) is 22.2 Å². The summed E-state index contributed by atoms with van der Waals surface area (Å²) >= 11 is 12.1. The van der Waals surface area contributed by atoms with Gasteiger partial charge in [-0.15, -0.1) is 0 Å². The number of amides is 1. The molecule has 2 aromatic rings. The number of ether oxygens (including phenoxy) is 1. The number of oxazole rings is 1. The molecule has 3 rings (SSSR count). The molecule has 0 radical (unpaired) electrons. The molecule has 0 aliphatic carbocycles. The fourth-order valence-electron chi connectivity index (χ4n) is 2.45. The van der Waals surface area contributed by atoms with Gasteiger partial charge in [-0.3, -0.25) is 4.79 Å². The van der Waals surface area contributed by atoms with E-state index in [2.05, 4.69) is 15.6 Å². The Bertz CT molecular complexity index is 679. The lowest BCUT2D eigenvalue weighted by Crippen LogP contribution is -2.44. The monoisotopic (exact) mass is 355 g/mol. The van der Waals surface area contributed by atoms with Gasteiger partial charge in [0.1, 0.15) is 6.10 Å². The third-order valence-corrected chi connectivity index (χ3v) is 4.29. The first-order valence-corrected chi connectivity index (χ1v) is 7.87. The quantitative estimate of drug-likeness (QED) is 0.884. The number of hydrogen-bond donors (Lipinski definition) is 2. The third kappa shape index (κ3) is 3.84. The molecule has 1 aromatic heterocycles. The number of hydrogen-bond acceptors (Lipinski definition) is 5. The summed E-state index contributed by atoms with van der Waals surface area (Å²) in [5.74, 6) is -0.188. The third-order valence-electron chi connectivity index (χ3n) is 3.55. The van der Waals surface area contributed by atoms with E-state index in [-0.39, 0.29) is 23.8 Å². The molecule has 8 heteroatoms. The van der Waals surface area contributed by atoms with Crippen LogP contribution in [0.5, 0.6) is 0 Å². The maximum absolute atomic E-state index is 12.2. The van der Waals surface area contributed by atoms with Crippen molar-refractivity contribution in [3.8, 4) is 0 Å². The summed E-state index contributed by atoms with van der Waals surface area (Å²) in [5, 5.41) is 7.06. The SMILES string of the molecule is O=C(NC1CNCCOC1c1ccc(Cl)c(Cl)c1)c1cnco1. The van der Waals surface area contributed by atoms with Crippen LogP contribution in [0.3, 0.4) is 0 Å². The maximum Gasteiger partial charge on any atom is 0.289 e. The zero-order valence-corrected chi connectivity index (χ0v) is 13.6. The normalized spacial score (nSPS) is 21.7. The van der Waals surface area contributed by atoms with Crippen LogP contribution in [-0.2, 0) is 4.74 Å². The topological polar surface area (TPSA) is 76.4 Å². The Morgan fingerprint density at radius 2 is 2.22 bits per heavy atom. The molecule has 1 amide bonds. The first-order chi connectivity index (χ1) is 11.1. The largest absolute Gasteiger partial charge is 0.438 e. The summed E-state index contributed by atoms with van der Waals surface area (Å²) in [6.07, 6.45) is 2.24. The van der Waals surface area contributed by atoms with E-state index in [1.165, 1.54) is 12.6 Å². The lowest BCUT2D eigenvalue weighted by atomic mass is 10.0. The lowest BCUT2D eigenvalue weighted by molar-refractivity contribution is 0.0411. The van der Waals surface area contributed by atoms with Crippen molar-refractivity contribution >= 4 is 29.1 Å². The molecule has 0 bridgehead atoms. The number of benzene rings is 1. The van der Waals surface area contributed by atoms with Crippen molar-refractivity contribution in [3.05, 3.63) is 52.2 Å². The standard InChI is InChI=1S/C15H15Cl2N3O3/c16-10-2-1-9(5-11(10)17)14-12(6-18-3-4-22-14)20-15(21)13-7-19-8-23-13/h1-2,5,7-8,12,14,18H,3-4,6H2,(H,20,21). The Kier molecular flexibility index (Phi) is 5.17. The molecule has 0 saturated carbocycles. The van der Waals surface area contributed by atoms with Crippen LogP contribution in [0.4, 0.5) is 0 Å². The van der Waals surface area contributed by atoms with Gasteiger partial charge in [0.05, 0.1) is 28.9 Å². The molecule has 6 nitrogen and oxygen atoms in total. The van der Waals surface area contributed by atoms with E-state index < -0.39 is 0 Å². The van der Waals surface area contributed by atoms with Crippen LogP contribution in [0.25, 0.3) is 0 Å². The Balaban J connectivity index is 1.82. The fourth-order valence-corrected chi connectivity index (χ4v) is 2.76. The van der Waals surface area contributed by atoms with Gasteiger partial charge in [0.2, 0.25) is 5.76 Å². The van der Waals surface area contributed by atoms with Crippen LogP contribution in [0.15, 0.2) is 35.2 Å². The number of nitrogens with one attached hydrogen (secondary N) is 2. The summed E-state index contributed by atoms with van der Waals surface area (Å²) in [4.78, 5) is 16.0. The van der Waals surface area contributed by atoms with Crippen LogP contribution < -0.4 is 10.6 Å². The van der Waals surface area contributed by atoms with Crippen LogP contribution in [-0.4, -0.2) is 36.6 Å². The molecule has 1 aromatic carbocycles. The molecule has 2 heterocycles. The van der Waals surface area contributed by atoms with Crippen LogP contribution >= 0.6 is 23.2 Å². The van der Waals surface area contributed by atoms with E-state index in [4.69, 9.17) is 32.4 Å². The van der Waals surface area contributed by atoms with Crippen molar-refractivity contribution in [2.75, 3.05) is 19.7 Å². The second kappa shape index (κ2) is 7.31. The van der Waals surface area contributed by atoms with Gasteiger partial charge < -0.3 is 19.8 Å². The van der Waals surface area contributed by atoms with Gasteiger partial charge in [0.25, 0.3) is 5.91 Å². The smallest absolute Gasteiger partial charge is 0.289 e. The molecule has 1 saturated heterocycles. The lowest BCUT2D eigenvalue weighted by Gasteiger charge is -2.26. The summed E-state index contributed by atoms with van der Waals surface area (Å²) in [7, 11) is 0. The Hall–Kier alpha value is -1.60. The predicted octanol–water partition coefficient (Wildman–Crippen LogP) is 2.44. The maximum atomic E-state index is 12.2. The molecule has 0 spiro atoms. The van der Waals surface area contributed by atoms with Gasteiger partial charge in [-0.25, -0.2) is 4.98 Å². The van der Waals surface area contributed by atoms with Crippen LogP contribution in [0, 0.1) is 0 Å². The first kappa shape index (κ1) is 16.3. The Morgan fingerprint density at radius 3 is 2.96 bits per heavy atom. The minimum atomic E-state index is -0.343. The number of aromatic nitrogens is 1. The number of carbonyl (C=O) groups excluding carboxylic acids is 1. The van der Waals surface area contributed by atoms with E-state index in [0.29, 0.717) is 29.7 Å². The van der Waals surface area contributed by atoms with Gasteiger partial charge in [-0.05, 0) is 17.7 Å². The number of rotatable bonds is 3. The highest BCUT2D eigenvalue weighted by molar-refractivity contribution is 6.42. The summed E-state index contributed by atoms with van der Waals surface area (Å²) in [5.41, 5.74) is 0.853. The number of nitrogens with zero attached hydrogens (tertiary/aromatic N) is 1. The summed E-state index contributed by atoms with van der Waals surface area (Å²) in [6, 6.07) is 5.04. The zero-order chi connectivity index (χ0) is 16.2. The van der Waals surface area contributed by atoms with E-state index in [9.17, 15) is 4.79 Å². The minimum absolute atomic E-state index is 0.155. The van der Waals surface area contributed by atoms with Crippen molar-refractivity contribution < 1.29 is 13.9 Å². The molecule has 122 valence electrons. The second-order valence-electron chi connectivity index (χ2n) is 5.11. The number of halogens is 2. The highest BCUT2D eigenvalue weighted by atomic mass is 35.5. The summed E-state index contributed by atoms with van der Waals surface area (Å²) < 4.78 is 10.9. The summed E-state index contributed by atoms with van der Waals surface area (Å²) in [6.45, 7) is 1.79. The predicted molar refractivity (Wildman–Crippen MR) is 85.8 cm³/mol. The van der Waals surface area contributed by atoms with E-state index >= 15 is 0 Å². The van der Waals surface area contributed by atoms with Crippen molar-refractivity contribution in [2.45, 2.75) is 12.1 Å². The average molecular weight is 356 g/mol. The van der Waals surface area contributed by atoms with Crippen molar-refractivity contribution in [1.29, 1.82) is 0 Å². The van der Waals surface area contributed by atoms with Crippen molar-refractivity contribution in [3.63, 3.8) is 0 Å². The van der Waals surface area contributed by atoms with Crippen LogP contribution in [0.2, 0.25) is 10.0 Å². The van der Waals surface area contributed by atoms with Crippen molar-refractivity contribution in [2.24, 2.45) is 0 Å². The van der Waals surface area contributed by atoms with E-state index in [0.717, 1.165) is 5.56 Å². The van der Waals surface area contributed by atoms with Gasteiger partial charge in [0.15, 0.2) is 6.39 Å². The zero-order valence-electron chi connectivity index (χ0n) is 12.1. The van der Waals surface area contributed by atoms with Crippen molar-refractivity contribution in [1.82, 2.24) is 15.6 Å². The first-order valence-electron chi connectivity index (χ1n) is 7.12. The molecule has 23 heavy (non-hydrogen) atoms. The minimum Gasteiger partial charge on any atom is -0.438 e. The molecule has 2 unspecified atom stereocenters. The van der Waals surface area contributed by atoms with Gasteiger partial charge in [-0.2, -0.15) is 0 Å². The van der Waals surface area contributed by atoms with Gasteiger partial charge in [-0.1, -0.05) is 29.3 Å². The van der Waals surface area contributed by atoms with E-state index in [1.54, 1.807) is 12.1 Å². The van der Waals surface area contributed by atoms with Gasteiger partial charge in [0, 0.05) is 13.1 Å². The molecule has 1 fully saturated rings. The highest BCUT2D eigenvalue weighted by Gasteiger charge is 2.29. The number of carbonyl (C=O) groups is 1. The molecule has 1 aliphatic rings. The highest BCUT2D eigenvalue weighted by Crippen LogP contribution is 2.29. The molecule has 2 atom stereocenters. The molecule has 2 N–H and O–H groups in total. The molecular formula is C15H15Cl2N3O3. The molecular weight excluding hydrogens is 341 g/mol. The average Bonchev–Trinajstić information content (AvgIpc) is 2.98. The van der Waals surface area contributed by atoms with Gasteiger partial charge >= 0.3 is 0 Å².